The van der Waals surface area contributed by atoms with Crippen LogP contribution in [0.1, 0.15) is 12.5 Å². The van der Waals surface area contributed by atoms with E-state index in [9.17, 15) is 5.11 Å². The Bertz CT molecular complexity index is 329. The lowest BCUT2D eigenvalue weighted by Gasteiger charge is -2.04. The fourth-order valence-electron chi connectivity index (χ4n) is 1.00. The highest BCUT2D eigenvalue weighted by atomic mass is 16.3. The molecule has 0 aliphatic rings. The van der Waals surface area contributed by atoms with E-state index in [4.69, 9.17) is 0 Å². The van der Waals surface area contributed by atoms with Gasteiger partial charge in [-0.1, -0.05) is 6.58 Å². The number of hydrogen-bond acceptors (Lipinski definition) is 2. The van der Waals surface area contributed by atoms with Crippen molar-refractivity contribution in [1.82, 2.24) is 0 Å². The largest absolute Gasteiger partial charge is 0.508 e. The summed E-state index contributed by atoms with van der Waals surface area (Å²) in [5.74, 6) is 0.223. The van der Waals surface area contributed by atoms with Crippen molar-refractivity contribution in [1.29, 1.82) is 0 Å². The number of nitrogens with zero attached hydrogens (tertiary/aromatic N) is 1. The Morgan fingerprint density at radius 1 is 1.50 bits per heavy atom. The average molecular weight is 161 g/mol. The number of phenols is 1. The van der Waals surface area contributed by atoms with Gasteiger partial charge in [0.2, 0.25) is 0 Å². The molecule has 0 atom stereocenters. The second-order valence-electron chi connectivity index (χ2n) is 2.64. The molecular weight excluding hydrogens is 150 g/mol. The normalized spacial score (nSPS) is 9.42. The highest BCUT2D eigenvalue weighted by molar-refractivity contribution is 5.74. The first-order valence-electron chi connectivity index (χ1n) is 3.61. The van der Waals surface area contributed by atoms with E-state index in [1.165, 1.54) is 0 Å². The minimum absolute atomic E-state index is 0.223. The summed E-state index contributed by atoms with van der Waals surface area (Å²) in [4.78, 5) is 3.81. The van der Waals surface area contributed by atoms with E-state index in [2.05, 4.69) is 18.3 Å². The van der Waals surface area contributed by atoms with Crippen molar-refractivity contribution in [2.75, 3.05) is 0 Å². The zero-order valence-electron chi connectivity index (χ0n) is 7.04. The molecule has 0 fully saturated rings. The van der Waals surface area contributed by atoms with Crippen LogP contribution in [0.4, 0.5) is 5.69 Å². The molecule has 0 saturated carbocycles. The number of aliphatic imine (C=N–C) groups is 1. The van der Waals surface area contributed by atoms with E-state index >= 15 is 0 Å². The lowest BCUT2D eigenvalue weighted by molar-refractivity contribution is 0.475. The van der Waals surface area contributed by atoms with Crippen LogP contribution in [0.5, 0.6) is 5.75 Å². The summed E-state index contributed by atoms with van der Waals surface area (Å²) in [6.07, 6.45) is 0. The van der Waals surface area contributed by atoms with Gasteiger partial charge in [0.25, 0.3) is 0 Å². The van der Waals surface area contributed by atoms with Crippen LogP contribution in [-0.4, -0.2) is 11.8 Å². The summed E-state index contributed by atoms with van der Waals surface area (Å²) in [6.45, 7) is 9.07. The van der Waals surface area contributed by atoms with Gasteiger partial charge in [0, 0.05) is 5.56 Å². The van der Waals surface area contributed by atoms with Crippen molar-refractivity contribution >= 4 is 18.0 Å². The SMILES string of the molecule is C=Nc1ccc(O)cc1C(=C)C. The smallest absolute Gasteiger partial charge is 0.116 e. The molecule has 12 heavy (non-hydrogen) atoms. The summed E-state index contributed by atoms with van der Waals surface area (Å²) in [5, 5.41) is 9.18. The maximum absolute atomic E-state index is 9.18. The Labute approximate surface area is 71.9 Å². The molecule has 0 radical (unpaired) electrons. The third kappa shape index (κ3) is 1.53. The molecule has 1 aromatic carbocycles. The highest BCUT2D eigenvalue weighted by Crippen LogP contribution is 2.28. The molecule has 1 rings (SSSR count). The summed E-state index contributed by atoms with van der Waals surface area (Å²) >= 11 is 0. The van der Waals surface area contributed by atoms with Gasteiger partial charge in [0.15, 0.2) is 0 Å². The summed E-state index contributed by atoms with van der Waals surface area (Å²) < 4.78 is 0. The molecule has 0 saturated heterocycles. The number of allylic oxidation sites excluding steroid dienone is 1. The van der Waals surface area contributed by atoms with E-state index in [-0.39, 0.29) is 5.75 Å². The molecule has 0 aliphatic heterocycles. The van der Waals surface area contributed by atoms with Crippen LogP contribution in [0.2, 0.25) is 0 Å². The van der Waals surface area contributed by atoms with Crippen LogP contribution in [0, 0.1) is 0 Å². The first kappa shape index (κ1) is 8.53. The lowest BCUT2D eigenvalue weighted by Crippen LogP contribution is -1.78. The van der Waals surface area contributed by atoms with E-state index < -0.39 is 0 Å². The van der Waals surface area contributed by atoms with Crippen LogP contribution in [-0.2, 0) is 0 Å². The molecule has 62 valence electrons. The van der Waals surface area contributed by atoms with Gasteiger partial charge in [-0.2, -0.15) is 0 Å². The van der Waals surface area contributed by atoms with Gasteiger partial charge >= 0.3 is 0 Å². The fourth-order valence-corrected chi connectivity index (χ4v) is 1.00. The number of rotatable bonds is 2. The Morgan fingerprint density at radius 2 is 2.17 bits per heavy atom. The minimum atomic E-state index is 0.223. The number of hydrogen-bond donors (Lipinski definition) is 1. The molecule has 2 heteroatoms. The molecule has 0 aliphatic carbocycles. The molecule has 1 N–H and O–H groups in total. The van der Waals surface area contributed by atoms with E-state index in [1.54, 1.807) is 18.2 Å². The molecule has 0 amide bonds. The van der Waals surface area contributed by atoms with Crippen molar-refractivity contribution in [2.45, 2.75) is 6.92 Å². The minimum Gasteiger partial charge on any atom is -0.508 e. The molecule has 0 unspecified atom stereocenters. The van der Waals surface area contributed by atoms with Crippen LogP contribution >= 0.6 is 0 Å². The summed E-state index contributed by atoms with van der Waals surface area (Å²) in [5.41, 5.74) is 2.46. The molecule has 0 bridgehead atoms. The van der Waals surface area contributed by atoms with Crippen molar-refractivity contribution in [3.05, 3.63) is 30.3 Å². The number of benzene rings is 1. The molecule has 1 aromatic rings. The topological polar surface area (TPSA) is 32.6 Å². The van der Waals surface area contributed by atoms with Crippen molar-refractivity contribution < 1.29 is 5.11 Å². The molecular formula is C10H11NO. The Morgan fingerprint density at radius 3 is 2.67 bits per heavy atom. The molecule has 2 nitrogen and oxygen atoms in total. The van der Waals surface area contributed by atoms with Gasteiger partial charge in [0.1, 0.15) is 5.75 Å². The van der Waals surface area contributed by atoms with E-state index in [1.807, 2.05) is 6.92 Å². The van der Waals surface area contributed by atoms with Crippen LogP contribution in [0.15, 0.2) is 29.8 Å². The lowest BCUT2D eigenvalue weighted by atomic mass is 10.1. The highest BCUT2D eigenvalue weighted by Gasteiger charge is 2.01. The zero-order valence-corrected chi connectivity index (χ0v) is 7.04. The van der Waals surface area contributed by atoms with Gasteiger partial charge in [-0.25, -0.2) is 0 Å². The second kappa shape index (κ2) is 3.22. The Balaban J connectivity index is 3.30. The van der Waals surface area contributed by atoms with E-state index in [0.717, 1.165) is 16.8 Å². The standard InChI is InChI=1S/C10H11NO/c1-7(2)9-6-8(12)4-5-10(9)11-3/h4-6,12H,1,3H2,2H3. The quantitative estimate of drug-likeness (QED) is 0.664. The van der Waals surface area contributed by atoms with Crippen molar-refractivity contribution in [3.63, 3.8) is 0 Å². The van der Waals surface area contributed by atoms with Crippen LogP contribution in [0.25, 0.3) is 5.57 Å². The zero-order chi connectivity index (χ0) is 9.14. The molecule has 0 aromatic heterocycles. The summed E-state index contributed by atoms with van der Waals surface area (Å²) in [7, 11) is 0. The van der Waals surface area contributed by atoms with Crippen LogP contribution < -0.4 is 0 Å². The number of aromatic hydroxyl groups is 1. The van der Waals surface area contributed by atoms with Crippen LogP contribution in [0.3, 0.4) is 0 Å². The van der Waals surface area contributed by atoms with Gasteiger partial charge in [-0.15, -0.1) is 0 Å². The van der Waals surface area contributed by atoms with Gasteiger partial charge in [-0.3, -0.25) is 4.99 Å². The molecule has 0 heterocycles. The monoisotopic (exact) mass is 161 g/mol. The van der Waals surface area contributed by atoms with Gasteiger partial charge < -0.3 is 5.11 Å². The van der Waals surface area contributed by atoms with Crippen molar-refractivity contribution in [2.24, 2.45) is 4.99 Å². The summed E-state index contributed by atoms with van der Waals surface area (Å²) in [6, 6.07) is 4.93. The maximum atomic E-state index is 9.18. The Kier molecular flexibility index (Phi) is 2.29. The average Bonchev–Trinajstić information content (AvgIpc) is 2.04. The Hall–Kier alpha value is -1.57. The van der Waals surface area contributed by atoms with E-state index in [0.29, 0.717) is 0 Å². The predicted octanol–water partition coefficient (Wildman–Crippen LogP) is 2.76. The maximum Gasteiger partial charge on any atom is 0.116 e. The first-order chi connectivity index (χ1) is 5.65. The predicted molar refractivity (Wildman–Crippen MR) is 52.0 cm³/mol. The number of phenolic OH excluding ortho intramolecular Hbond substituents is 1. The van der Waals surface area contributed by atoms with Gasteiger partial charge in [0.05, 0.1) is 5.69 Å². The molecule has 0 spiro atoms. The fraction of sp³-hybridized carbons (Fsp3) is 0.100. The first-order valence-corrected chi connectivity index (χ1v) is 3.61. The van der Waals surface area contributed by atoms with Crippen molar-refractivity contribution in [3.8, 4) is 5.75 Å². The van der Waals surface area contributed by atoms with Gasteiger partial charge in [-0.05, 0) is 37.4 Å². The second-order valence-corrected chi connectivity index (χ2v) is 2.64. The third-order valence-corrected chi connectivity index (χ3v) is 1.61. The third-order valence-electron chi connectivity index (χ3n) is 1.61.